The molecule has 0 spiro atoms. The molecule has 0 radical (unpaired) electrons. The molecular weight excluding hydrogens is 453 g/mol. The molecule has 2 heterocycles. The third kappa shape index (κ3) is 5.22. The zero-order valence-electron chi connectivity index (χ0n) is 15.5. The molecule has 9 heteroatoms. The van der Waals surface area contributed by atoms with Crippen LogP contribution in [0, 0.1) is 9.87 Å². The van der Waals surface area contributed by atoms with Gasteiger partial charge in [0.2, 0.25) is 5.88 Å². The average molecular weight is 472 g/mol. The molecule has 0 aliphatic heterocycles. The molecule has 3 rings (SSSR count). The summed E-state index contributed by atoms with van der Waals surface area (Å²) in [5.41, 5.74) is 0.813. The zero-order valence-corrected chi connectivity index (χ0v) is 18.7. The molecule has 0 saturated carbocycles. The summed E-state index contributed by atoms with van der Waals surface area (Å²) in [4.78, 5) is 11.6. The highest BCUT2D eigenvalue weighted by Gasteiger charge is 2.16. The van der Waals surface area contributed by atoms with Crippen LogP contribution in [0.2, 0.25) is 10.0 Å². The standard InChI is InChI=1S/C20H19Cl2NO4S2/c1-11(19(25)26)3-2-8-23-18(24)17(29-20(23)28)10-13-5-7-16(27-13)12-4-6-14(21)15(22)9-12/h4-7,9,11,24H,2-3,8,10H2,1H3,(H,25,26). The SMILES string of the molecule is CC(CCCn1c(O)c(Cc2ccc(-c3ccc(Cl)c(Cl)c3)o2)sc1=S)C(=O)O. The van der Waals surface area contributed by atoms with Crippen LogP contribution in [-0.4, -0.2) is 20.7 Å². The van der Waals surface area contributed by atoms with Crippen LogP contribution in [0.15, 0.2) is 34.7 Å². The van der Waals surface area contributed by atoms with Gasteiger partial charge in [-0.3, -0.25) is 9.36 Å². The van der Waals surface area contributed by atoms with E-state index in [9.17, 15) is 9.90 Å². The Morgan fingerprint density at radius 2 is 2.03 bits per heavy atom. The van der Waals surface area contributed by atoms with Crippen LogP contribution in [0.25, 0.3) is 11.3 Å². The number of aromatic hydroxyl groups is 1. The van der Waals surface area contributed by atoms with E-state index in [2.05, 4.69) is 0 Å². The molecule has 0 amide bonds. The van der Waals surface area contributed by atoms with E-state index in [1.54, 1.807) is 23.6 Å². The summed E-state index contributed by atoms with van der Waals surface area (Å²) in [7, 11) is 0. The number of halogens is 2. The Morgan fingerprint density at radius 1 is 1.28 bits per heavy atom. The van der Waals surface area contributed by atoms with Crippen LogP contribution in [0.1, 0.15) is 30.4 Å². The lowest BCUT2D eigenvalue weighted by Crippen LogP contribution is -2.10. The molecule has 2 aromatic heterocycles. The number of benzene rings is 1. The molecule has 3 aromatic rings. The molecule has 0 saturated heterocycles. The van der Waals surface area contributed by atoms with Gasteiger partial charge < -0.3 is 14.6 Å². The van der Waals surface area contributed by atoms with Gasteiger partial charge in [0.05, 0.1) is 20.8 Å². The Kier molecular flexibility index (Phi) is 7.05. The summed E-state index contributed by atoms with van der Waals surface area (Å²) in [5.74, 6) is 0.204. The van der Waals surface area contributed by atoms with Gasteiger partial charge in [-0.15, -0.1) is 11.3 Å². The van der Waals surface area contributed by atoms with Gasteiger partial charge in [0, 0.05) is 18.5 Å². The minimum atomic E-state index is -0.820. The van der Waals surface area contributed by atoms with E-state index in [0.29, 0.717) is 56.2 Å². The Labute approximate surface area is 187 Å². The highest BCUT2D eigenvalue weighted by atomic mass is 35.5. The lowest BCUT2D eigenvalue weighted by atomic mass is 10.1. The Hall–Kier alpha value is -1.80. The molecule has 0 bridgehead atoms. The number of aromatic nitrogens is 1. The fraction of sp³-hybridized carbons (Fsp3) is 0.300. The van der Waals surface area contributed by atoms with E-state index in [0.717, 1.165) is 5.56 Å². The van der Waals surface area contributed by atoms with Crippen LogP contribution >= 0.6 is 46.8 Å². The molecule has 154 valence electrons. The van der Waals surface area contributed by atoms with Crippen molar-refractivity contribution in [3.8, 4) is 17.2 Å². The van der Waals surface area contributed by atoms with Crippen molar-refractivity contribution >= 4 is 52.7 Å². The van der Waals surface area contributed by atoms with E-state index in [1.165, 1.54) is 11.3 Å². The van der Waals surface area contributed by atoms with Crippen LogP contribution in [0.4, 0.5) is 0 Å². The molecule has 1 aromatic carbocycles. The summed E-state index contributed by atoms with van der Waals surface area (Å²) in [5, 5.41) is 20.5. The third-order valence-electron chi connectivity index (χ3n) is 4.58. The van der Waals surface area contributed by atoms with Crippen molar-refractivity contribution in [3.63, 3.8) is 0 Å². The van der Waals surface area contributed by atoms with Gasteiger partial charge in [-0.25, -0.2) is 0 Å². The maximum atomic E-state index is 10.9. The van der Waals surface area contributed by atoms with Crippen molar-refractivity contribution < 1.29 is 19.4 Å². The van der Waals surface area contributed by atoms with Gasteiger partial charge >= 0.3 is 5.97 Å². The molecule has 1 atom stereocenters. The smallest absolute Gasteiger partial charge is 0.306 e. The summed E-state index contributed by atoms with van der Waals surface area (Å²) < 4.78 is 8.09. The van der Waals surface area contributed by atoms with Crippen molar-refractivity contribution in [1.29, 1.82) is 0 Å². The van der Waals surface area contributed by atoms with Crippen molar-refractivity contribution in [1.82, 2.24) is 4.57 Å². The van der Waals surface area contributed by atoms with Crippen LogP contribution in [0.3, 0.4) is 0 Å². The van der Waals surface area contributed by atoms with Crippen LogP contribution in [0.5, 0.6) is 5.88 Å². The second kappa shape index (κ2) is 9.34. The Bertz CT molecular complexity index is 1090. The van der Waals surface area contributed by atoms with Crippen molar-refractivity contribution in [3.05, 3.63) is 55.0 Å². The number of hydrogen-bond acceptors (Lipinski definition) is 5. The number of aliphatic carboxylic acids is 1. The molecular formula is C20H19Cl2NO4S2. The van der Waals surface area contributed by atoms with E-state index in [1.807, 2.05) is 18.2 Å². The largest absolute Gasteiger partial charge is 0.494 e. The van der Waals surface area contributed by atoms with Crippen molar-refractivity contribution in [2.75, 3.05) is 0 Å². The lowest BCUT2D eigenvalue weighted by Gasteiger charge is -2.07. The fourth-order valence-corrected chi connectivity index (χ4v) is 4.56. The summed E-state index contributed by atoms with van der Waals surface area (Å²) in [6.07, 6.45) is 1.54. The predicted octanol–water partition coefficient (Wildman–Crippen LogP) is 6.64. The fourth-order valence-electron chi connectivity index (χ4n) is 2.87. The summed E-state index contributed by atoms with van der Waals surface area (Å²) in [6, 6.07) is 8.97. The molecule has 0 aliphatic carbocycles. The van der Waals surface area contributed by atoms with Crippen LogP contribution < -0.4 is 0 Å². The monoisotopic (exact) mass is 471 g/mol. The number of carboxylic acid groups (broad SMARTS) is 1. The number of rotatable bonds is 8. The van der Waals surface area contributed by atoms with E-state index in [-0.39, 0.29) is 5.88 Å². The van der Waals surface area contributed by atoms with Gasteiger partial charge in [0.25, 0.3) is 0 Å². The van der Waals surface area contributed by atoms with Crippen molar-refractivity contribution in [2.24, 2.45) is 5.92 Å². The molecule has 1 unspecified atom stereocenters. The van der Waals surface area contributed by atoms with E-state index < -0.39 is 11.9 Å². The van der Waals surface area contributed by atoms with Crippen molar-refractivity contribution in [2.45, 2.75) is 32.7 Å². The second-order valence-electron chi connectivity index (χ2n) is 6.72. The quantitative estimate of drug-likeness (QED) is 0.360. The normalized spacial score (nSPS) is 12.2. The maximum Gasteiger partial charge on any atom is 0.306 e. The summed E-state index contributed by atoms with van der Waals surface area (Å²) >= 11 is 18.7. The number of furan rings is 1. The lowest BCUT2D eigenvalue weighted by molar-refractivity contribution is -0.141. The topological polar surface area (TPSA) is 75.6 Å². The average Bonchev–Trinajstić information content (AvgIpc) is 3.24. The minimum Gasteiger partial charge on any atom is -0.494 e. The first-order chi connectivity index (χ1) is 13.8. The van der Waals surface area contributed by atoms with Crippen LogP contribution in [-0.2, 0) is 17.8 Å². The van der Waals surface area contributed by atoms with Gasteiger partial charge in [-0.2, -0.15) is 0 Å². The molecule has 2 N–H and O–H groups in total. The first-order valence-corrected chi connectivity index (χ1v) is 10.9. The van der Waals surface area contributed by atoms with Gasteiger partial charge in [0.15, 0.2) is 3.95 Å². The minimum absolute atomic E-state index is 0.107. The number of nitrogens with zero attached hydrogens (tertiary/aromatic N) is 1. The zero-order chi connectivity index (χ0) is 21.1. The first kappa shape index (κ1) is 21.9. The molecule has 5 nitrogen and oxygen atoms in total. The Morgan fingerprint density at radius 3 is 2.72 bits per heavy atom. The first-order valence-electron chi connectivity index (χ1n) is 8.94. The second-order valence-corrected chi connectivity index (χ2v) is 9.26. The van der Waals surface area contributed by atoms with E-state index >= 15 is 0 Å². The molecule has 0 fully saturated rings. The summed E-state index contributed by atoms with van der Waals surface area (Å²) in [6.45, 7) is 2.15. The van der Waals surface area contributed by atoms with Gasteiger partial charge in [-0.05, 0) is 55.4 Å². The number of carbonyl (C=O) groups is 1. The van der Waals surface area contributed by atoms with Gasteiger partial charge in [0.1, 0.15) is 11.5 Å². The van der Waals surface area contributed by atoms with Gasteiger partial charge in [-0.1, -0.05) is 30.1 Å². The maximum absolute atomic E-state index is 10.9. The number of hydrogen-bond donors (Lipinski definition) is 2. The van der Waals surface area contributed by atoms with E-state index in [4.69, 9.17) is 44.9 Å². The Balaban J connectivity index is 1.71. The highest BCUT2D eigenvalue weighted by Crippen LogP contribution is 2.33. The number of thiazole rings is 1. The third-order valence-corrected chi connectivity index (χ3v) is 6.75. The number of carboxylic acids is 1. The highest BCUT2D eigenvalue weighted by molar-refractivity contribution is 7.73. The molecule has 0 aliphatic rings. The predicted molar refractivity (Wildman–Crippen MR) is 118 cm³/mol. The molecule has 29 heavy (non-hydrogen) atoms.